The highest BCUT2D eigenvalue weighted by molar-refractivity contribution is 5.57. The number of hydrogen-bond acceptors (Lipinski definition) is 2. The van der Waals surface area contributed by atoms with Crippen molar-refractivity contribution >= 4 is 5.69 Å². The fourth-order valence-corrected chi connectivity index (χ4v) is 1.14. The van der Waals surface area contributed by atoms with Gasteiger partial charge in [-0.25, -0.2) is 0 Å². The Labute approximate surface area is 85.5 Å². The number of nitrogens with two attached hydrogens (primary N) is 1. The molecule has 0 aliphatic carbocycles. The quantitative estimate of drug-likeness (QED) is 0.420. The molecule has 0 radical (unpaired) electrons. The standard InChI is InChI=1S/C12H16N2/c1-10-6-7-11(12(13)9-10)5-3-4-8-14-2/h6-7,9,14H,4,8,13H2,1-2H3. The van der Waals surface area contributed by atoms with Crippen LogP contribution in [0.5, 0.6) is 0 Å². The smallest absolute Gasteiger partial charge is 0.0475 e. The molecule has 1 aromatic rings. The second-order valence-electron chi connectivity index (χ2n) is 3.25. The molecule has 0 spiro atoms. The van der Waals surface area contributed by atoms with E-state index >= 15 is 0 Å². The molecular weight excluding hydrogens is 172 g/mol. The third kappa shape index (κ3) is 3.12. The molecule has 1 rings (SSSR count). The first kappa shape index (κ1) is 10.6. The van der Waals surface area contributed by atoms with Crippen LogP contribution in [0.3, 0.4) is 0 Å². The van der Waals surface area contributed by atoms with Crippen molar-refractivity contribution in [3.63, 3.8) is 0 Å². The number of nitrogen functional groups attached to an aromatic ring is 1. The van der Waals surface area contributed by atoms with Gasteiger partial charge in [-0.3, -0.25) is 0 Å². The number of anilines is 1. The molecule has 0 fully saturated rings. The van der Waals surface area contributed by atoms with Gasteiger partial charge in [-0.2, -0.15) is 0 Å². The summed E-state index contributed by atoms with van der Waals surface area (Å²) in [5.41, 5.74) is 8.68. The number of hydrogen-bond donors (Lipinski definition) is 2. The largest absolute Gasteiger partial charge is 0.398 e. The molecule has 14 heavy (non-hydrogen) atoms. The van der Waals surface area contributed by atoms with Crippen LogP contribution in [0, 0.1) is 18.8 Å². The van der Waals surface area contributed by atoms with E-state index in [2.05, 4.69) is 17.2 Å². The zero-order valence-corrected chi connectivity index (χ0v) is 8.72. The highest BCUT2D eigenvalue weighted by Gasteiger charge is 1.93. The molecule has 0 saturated carbocycles. The molecule has 1 aromatic carbocycles. The van der Waals surface area contributed by atoms with Crippen molar-refractivity contribution in [1.29, 1.82) is 0 Å². The number of rotatable bonds is 2. The molecule has 2 heteroatoms. The van der Waals surface area contributed by atoms with Crippen LogP contribution in [0.25, 0.3) is 0 Å². The summed E-state index contributed by atoms with van der Waals surface area (Å²) in [4.78, 5) is 0. The van der Waals surface area contributed by atoms with Gasteiger partial charge in [0.15, 0.2) is 0 Å². The molecule has 74 valence electrons. The van der Waals surface area contributed by atoms with Gasteiger partial charge >= 0.3 is 0 Å². The number of nitrogens with one attached hydrogen (secondary N) is 1. The molecule has 0 unspecified atom stereocenters. The van der Waals surface area contributed by atoms with E-state index < -0.39 is 0 Å². The maximum Gasteiger partial charge on any atom is 0.0475 e. The molecular formula is C12H16N2. The predicted molar refractivity (Wildman–Crippen MR) is 61.0 cm³/mol. The second-order valence-corrected chi connectivity index (χ2v) is 3.25. The van der Waals surface area contributed by atoms with Gasteiger partial charge in [0, 0.05) is 24.2 Å². The van der Waals surface area contributed by atoms with Crippen LogP contribution in [0.2, 0.25) is 0 Å². The normalized spacial score (nSPS) is 9.29. The van der Waals surface area contributed by atoms with Gasteiger partial charge in [0.25, 0.3) is 0 Å². The van der Waals surface area contributed by atoms with Gasteiger partial charge in [-0.15, -0.1) is 0 Å². The predicted octanol–water partition coefficient (Wildman–Crippen LogP) is 1.54. The van der Waals surface area contributed by atoms with Crippen LogP contribution in [-0.4, -0.2) is 13.6 Å². The van der Waals surface area contributed by atoms with Crippen molar-refractivity contribution in [2.45, 2.75) is 13.3 Å². The van der Waals surface area contributed by atoms with Crippen molar-refractivity contribution in [2.75, 3.05) is 19.3 Å². The average molecular weight is 188 g/mol. The van der Waals surface area contributed by atoms with E-state index in [4.69, 9.17) is 5.73 Å². The Hall–Kier alpha value is -1.46. The lowest BCUT2D eigenvalue weighted by molar-refractivity contribution is 0.818. The van der Waals surface area contributed by atoms with Crippen molar-refractivity contribution in [3.05, 3.63) is 29.3 Å². The van der Waals surface area contributed by atoms with Gasteiger partial charge in [0.2, 0.25) is 0 Å². The van der Waals surface area contributed by atoms with Gasteiger partial charge in [-0.05, 0) is 31.7 Å². The van der Waals surface area contributed by atoms with Crippen LogP contribution >= 0.6 is 0 Å². The minimum absolute atomic E-state index is 0.766. The topological polar surface area (TPSA) is 38.0 Å². The first-order chi connectivity index (χ1) is 6.74. The first-order valence-corrected chi connectivity index (χ1v) is 4.73. The summed E-state index contributed by atoms with van der Waals surface area (Å²) in [5.74, 6) is 6.13. The fraction of sp³-hybridized carbons (Fsp3) is 0.333. The highest BCUT2D eigenvalue weighted by atomic mass is 14.8. The summed E-state index contributed by atoms with van der Waals surface area (Å²) in [6.45, 7) is 2.94. The molecule has 0 saturated heterocycles. The number of aryl methyl sites for hydroxylation is 1. The van der Waals surface area contributed by atoms with Crippen molar-refractivity contribution in [2.24, 2.45) is 0 Å². The third-order valence-electron chi connectivity index (χ3n) is 1.93. The maximum absolute atomic E-state index is 5.82. The highest BCUT2D eigenvalue weighted by Crippen LogP contribution is 2.11. The lowest BCUT2D eigenvalue weighted by Crippen LogP contribution is -2.05. The average Bonchev–Trinajstić information content (AvgIpc) is 2.15. The molecule has 0 aromatic heterocycles. The number of benzene rings is 1. The van der Waals surface area contributed by atoms with E-state index in [9.17, 15) is 0 Å². The van der Waals surface area contributed by atoms with E-state index in [1.807, 2.05) is 32.2 Å². The Morgan fingerprint density at radius 1 is 1.43 bits per heavy atom. The van der Waals surface area contributed by atoms with Gasteiger partial charge in [0.05, 0.1) is 0 Å². The molecule has 0 atom stereocenters. The Balaban J connectivity index is 2.70. The van der Waals surface area contributed by atoms with E-state index in [1.165, 1.54) is 5.56 Å². The van der Waals surface area contributed by atoms with Gasteiger partial charge < -0.3 is 11.1 Å². The molecule has 2 nitrogen and oxygen atoms in total. The fourth-order valence-electron chi connectivity index (χ4n) is 1.14. The van der Waals surface area contributed by atoms with E-state index in [0.29, 0.717) is 0 Å². The van der Waals surface area contributed by atoms with Crippen molar-refractivity contribution < 1.29 is 0 Å². The molecule has 0 bridgehead atoms. The van der Waals surface area contributed by atoms with Gasteiger partial charge in [-0.1, -0.05) is 17.9 Å². The summed E-state index contributed by atoms with van der Waals surface area (Å²) in [6.07, 6.45) is 0.851. The summed E-state index contributed by atoms with van der Waals surface area (Å²) >= 11 is 0. The van der Waals surface area contributed by atoms with Crippen LogP contribution in [0.4, 0.5) is 5.69 Å². The Bertz CT molecular complexity index is 358. The Morgan fingerprint density at radius 2 is 2.21 bits per heavy atom. The molecule has 0 aliphatic rings. The van der Waals surface area contributed by atoms with Crippen LogP contribution in [-0.2, 0) is 0 Å². The molecule has 3 N–H and O–H groups in total. The zero-order valence-electron chi connectivity index (χ0n) is 8.72. The first-order valence-electron chi connectivity index (χ1n) is 4.73. The zero-order chi connectivity index (χ0) is 10.4. The molecule has 0 heterocycles. The minimum Gasteiger partial charge on any atom is -0.398 e. The lowest BCUT2D eigenvalue weighted by atomic mass is 10.1. The molecule has 0 amide bonds. The van der Waals surface area contributed by atoms with E-state index in [-0.39, 0.29) is 0 Å². The Morgan fingerprint density at radius 3 is 2.86 bits per heavy atom. The SMILES string of the molecule is CNCCC#Cc1ccc(C)cc1N. The van der Waals surface area contributed by atoms with Crippen LogP contribution < -0.4 is 11.1 Å². The third-order valence-corrected chi connectivity index (χ3v) is 1.93. The monoisotopic (exact) mass is 188 g/mol. The van der Waals surface area contributed by atoms with E-state index in [0.717, 1.165) is 24.2 Å². The minimum atomic E-state index is 0.766. The van der Waals surface area contributed by atoms with Crippen molar-refractivity contribution in [1.82, 2.24) is 5.32 Å². The Kier molecular flexibility index (Phi) is 4.03. The summed E-state index contributed by atoms with van der Waals surface area (Å²) in [5, 5.41) is 3.04. The van der Waals surface area contributed by atoms with Crippen LogP contribution in [0.1, 0.15) is 17.5 Å². The summed E-state index contributed by atoms with van der Waals surface area (Å²) in [6, 6.07) is 5.94. The van der Waals surface area contributed by atoms with Gasteiger partial charge in [0.1, 0.15) is 0 Å². The molecule has 0 aliphatic heterocycles. The lowest BCUT2D eigenvalue weighted by Gasteiger charge is -1.98. The summed E-state index contributed by atoms with van der Waals surface area (Å²) < 4.78 is 0. The van der Waals surface area contributed by atoms with Crippen molar-refractivity contribution in [3.8, 4) is 11.8 Å². The second kappa shape index (κ2) is 5.31. The van der Waals surface area contributed by atoms with Crippen LogP contribution in [0.15, 0.2) is 18.2 Å². The maximum atomic E-state index is 5.82. The van der Waals surface area contributed by atoms with E-state index in [1.54, 1.807) is 0 Å². The summed E-state index contributed by atoms with van der Waals surface area (Å²) in [7, 11) is 1.92.